The van der Waals surface area contributed by atoms with Gasteiger partial charge >= 0.3 is 6.03 Å². The molecule has 1 fully saturated rings. The van der Waals surface area contributed by atoms with E-state index in [4.69, 9.17) is 0 Å². The Hall–Kier alpha value is -3.66. The van der Waals surface area contributed by atoms with Gasteiger partial charge in [-0.2, -0.15) is 0 Å². The molecule has 0 aromatic heterocycles. The summed E-state index contributed by atoms with van der Waals surface area (Å²) in [4.78, 5) is 29.6. The molecule has 1 aliphatic heterocycles. The predicted octanol–water partition coefficient (Wildman–Crippen LogP) is 5.00. The third-order valence-corrected chi connectivity index (χ3v) is 5.17. The van der Waals surface area contributed by atoms with Gasteiger partial charge in [0.1, 0.15) is 5.92 Å². The molecule has 1 saturated heterocycles. The van der Waals surface area contributed by atoms with Crippen molar-refractivity contribution in [3.05, 3.63) is 114 Å². The van der Waals surface area contributed by atoms with Gasteiger partial charge in [0, 0.05) is 12.2 Å². The average molecular weight is 382 g/mol. The van der Waals surface area contributed by atoms with E-state index in [1.807, 2.05) is 91.0 Å². The normalized spacial score (nSPS) is 17.0. The third kappa shape index (κ3) is 3.69. The summed E-state index contributed by atoms with van der Waals surface area (Å²) in [5, 5.41) is 0. The van der Waals surface area contributed by atoms with Gasteiger partial charge in [-0.05, 0) is 29.7 Å². The van der Waals surface area contributed by atoms with Crippen molar-refractivity contribution in [2.24, 2.45) is 0 Å². The molecule has 0 spiro atoms. The molecule has 3 aromatic carbocycles. The minimum atomic E-state index is -0.593. The zero-order valence-electron chi connectivity index (χ0n) is 16.1. The number of carbonyl (C=O) groups is 2. The van der Waals surface area contributed by atoms with Gasteiger partial charge in [-0.3, -0.25) is 14.6 Å². The highest BCUT2D eigenvalue weighted by Gasteiger charge is 2.43. The summed E-state index contributed by atoms with van der Waals surface area (Å²) in [6.07, 6.45) is 0.606. The van der Waals surface area contributed by atoms with Crippen LogP contribution >= 0.6 is 0 Å². The van der Waals surface area contributed by atoms with Gasteiger partial charge in [0.25, 0.3) is 0 Å². The van der Waals surface area contributed by atoms with Crippen LogP contribution in [-0.2, 0) is 11.2 Å². The zero-order chi connectivity index (χ0) is 20.2. The quantitative estimate of drug-likeness (QED) is 0.623. The molecule has 0 bridgehead atoms. The van der Waals surface area contributed by atoms with Gasteiger partial charge < -0.3 is 0 Å². The second-order valence-corrected chi connectivity index (χ2v) is 7.01. The number of nitrogens with zero attached hydrogens (tertiary/aromatic N) is 2. The van der Waals surface area contributed by atoms with Crippen LogP contribution in [0.3, 0.4) is 0 Å². The number of para-hydroxylation sites is 1. The maximum absolute atomic E-state index is 13.4. The molecule has 0 aliphatic carbocycles. The van der Waals surface area contributed by atoms with Crippen LogP contribution in [0.4, 0.5) is 10.5 Å². The minimum absolute atomic E-state index is 0.227. The summed E-state index contributed by atoms with van der Waals surface area (Å²) in [6.45, 7) is 4.46. The van der Waals surface area contributed by atoms with E-state index in [0.717, 1.165) is 11.1 Å². The summed E-state index contributed by atoms with van der Waals surface area (Å²) in [7, 11) is 0. The molecule has 1 aliphatic rings. The molecule has 4 nitrogen and oxygen atoms in total. The first-order valence-corrected chi connectivity index (χ1v) is 9.65. The third-order valence-electron chi connectivity index (χ3n) is 5.17. The van der Waals surface area contributed by atoms with E-state index in [1.54, 1.807) is 4.90 Å². The van der Waals surface area contributed by atoms with Crippen LogP contribution in [0.5, 0.6) is 0 Å². The van der Waals surface area contributed by atoms with Crippen molar-refractivity contribution in [3.8, 4) is 0 Å². The van der Waals surface area contributed by atoms with Crippen molar-refractivity contribution in [1.82, 2.24) is 4.90 Å². The summed E-state index contributed by atoms with van der Waals surface area (Å²) in [6, 6.07) is 28.4. The van der Waals surface area contributed by atoms with Gasteiger partial charge in [0.15, 0.2) is 0 Å². The monoisotopic (exact) mass is 382 g/mol. The highest BCUT2D eigenvalue weighted by molar-refractivity contribution is 6.11. The standard InChI is InChI=1S/C25H22N2O2/c1-19-23(21-13-7-3-8-14-21)24(28)26(18-17-20-11-5-2-6-12-20)25(29)27(19)22-15-9-4-10-16-22/h2-16,23H,1,17-18H2. The molecular weight excluding hydrogens is 360 g/mol. The van der Waals surface area contributed by atoms with Crippen LogP contribution in [0, 0.1) is 0 Å². The van der Waals surface area contributed by atoms with E-state index in [1.165, 1.54) is 4.90 Å². The van der Waals surface area contributed by atoms with E-state index >= 15 is 0 Å². The molecule has 3 aromatic rings. The van der Waals surface area contributed by atoms with Gasteiger partial charge in [0.05, 0.1) is 5.69 Å². The van der Waals surface area contributed by atoms with Crippen LogP contribution in [0.25, 0.3) is 0 Å². The van der Waals surface area contributed by atoms with Crippen LogP contribution in [0.15, 0.2) is 103 Å². The van der Waals surface area contributed by atoms with E-state index < -0.39 is 5.92 Å². The first-order chi connectivity index (χ1) is 14.2. The first-order valence-electron chi connectivity index (χ1n) is 9.65. The smallest absolute Gasteiger partial charge is 0.273 e. The van der Waals surface area contributed by atoms with Crippen LogP contribution in [-0.4, -0.2) is 23.4 Å². The molecular formula is C25H22N2O2. The molecule has 0 N–H and O–H groups in total. The van der Waals surface area contributed by atoms with Crippen molar-refractivity contribution in [1.29, 1.82) is 0 Å². The number of benzene rings is 3. The molecule has 4 heteroatoms. The highest BCUT2D eigenvalue weighted by atomic mass is 16.2. The second kappa shape index (κ2) is 8.15. The number of rotatable bonds is 5. The fraction of sp³-hybridized carbons (Fsp3) is 0.120. The first kappa shape index (κ1) is 18.7. The van der Waals surface area contributed by atoms with Gasteiger partial charge in [-0.1, -0.05) is 85.4 Å². The zero-order valence-corrected chi connectivity index (χ0v) is 16.1. The van der Waals surface area contributed by atoms with E-state index in [0.29, 0.717) is 24.4 Å². The van der Waals surface area contributed by atoms with E-state index in [-0.39, 0.29) is 11.9 Å². The number of carbonyl (C=O) groups excluding carboxylic acids is 2. The fourth-order valence-electron chi connectivity index (χ4n) is 3.69. The molecule has 29 heavy (non-hydrogen) atoms. The topological polar surface area (TPSA) is 40.6 Å². The Kier molecular flexibility index (Phi) is 5.25. The lowest BCUT2D eigenvalue weighted by molar-refractivity contribution is -0.129. The largest absolute Gasteiger partial charge is 0.335 e. The van der Waals surface area contributed by atoms with Gasteiger partial charge in [-0.25, -0.2) is 4.79 Å². The highest BCUT2D eigenvalue weighted by Crippen LogP contribution is 2.36. The minimum Gasteiger partial charge on any atom is -0.273 e. The molecule has 144 valence electrons. The Morgan fingerprint density at radius 3 is 1.93 bits per heavy atom. The SMILES string of the molecule is C=C1C(c2ccccc2)C(=O)N(CCc2ccccc2)C(=O)N1c1ccccc1. The van der Waals surface area contributed by atoms with Gasteiger partial charge in [-0.15, -0.1) is 0 Å². The fourth-order valence-corrected chi connectivity index (χ4v) is 3.69. The Morgan fingerprint density at radius 1 is 0.759 bits per heavy atom. The molecule has 1 unspecified atom stereocenters. The maximum atomic E-state index is 13.4. The van der Waals surface area contributed by atoms with Crippen LogP contribution < -0.4 is 4.90 Å². The predicted molar refractivity (Wildman–Crippen MR) is 114 cm³/mol. The molecule has 4 rings (SSSR count). The van der Waals surface area contributed by atoms with Gasteiger partial charge in [0.2, 0.25) is 5.91 Å². The Balaban J connectivity index is 1.70. The molecule has 0 saturated carbocycles. The number of hydrogen-bond acceptors (Lipinski definition) is 2. The second-order valence-electron chi connectivity index (χ2n) is 7.01. The Labute approximate surface area is 170 Å². The number of imide groups is 1. The van der Waals surface area contributed by atoms with E-state index in [9.17, 15) is 9.59 Å². The lowest BCUT2D eigenvalue weighted by atomic mass is 9.91. The van der Waals surface area contributed by atoms with E-state index in [2.05, 4.69) is 6.58 Å². The molecule has 1 heterocycles. The Bertz CT molecular complexity index is 955. The van der Waals surface area contributed by atoms with Crippen molar-refractivity contribution < 1.29 is 9.59 Å². The Morgan fingerprint density at radius 2 is 1.31 bits per heavy atom. The number of amides is 3. The van der Waals surface area contributed by atoms with Crippen LogP contribution in [0.2, 0.25) is 0 Å². The van der Waals surface area contributed by atoms with Crippen molar-refractivity contribution in [2.75, 3.05) is 11.4 Å². The summed E-state index contributed by atoms with van der Waals surface area (Å²) in [5.74, 6) is -0.820. The lowest BCUT2D eigenvalue weighted by Crippen LogP contribution is -2.55. The molecule has 0 radical (unpaired) electrons. The average Bonchev–Trinajstić information content (AvgIpc) is 2.76. The summed E-state index contributed by atoms with van der Waals surface area (Å²) in [5.41, 5.74) is 3.11. The molecule has 1 atom stereocenters. The lowest BCUT2D eigenvalue weighted by Gasteiger charge is -2.40. The van der Waals surface area contributed by atoms with Crippen molar-refractivity contribution in [3.63, 3.8) is 0 Å². The summed E-state index contributed by atoms with van der Waals surface area (Å²) < 4.78 is 0. The van der Waals surface area contributed by atoms with Crippen LogP contribution in [0.1, 0.15) is 17.0 Å². The van der Waals surface area contributed by atoms with Crippen molar-refractivity contribution >= 4 is 17.6 Å². The summed E-state index contributed by atoms with van der Waals surface area (Å²) >= 11 is 0. The maximum Gasteiger partial charge on any atom is 0.335 e. The van der Waals surface area contributed by atoms with Crippen molar-refractivity contribution in [2.45, 2.75) is 12.3 Å². The number of hydrogen-bond donors (Lipinski definition) is 0. The molecule has 3 amide bonds. The number of anilines is 1. The number of urea groups is 1.